The van der Waals surface area contributed by atoms with Crippen molar-refractivity contribution in [3.63, 3.8) is 0 Å². The van der Waals surface area contributed by atoms with Crippen LogP contribution in [0.1, 0.15) is 23.6 Å². The summed E-state index contributed by atoms with van der Waals surface area (Å²) >= 11 is 0. The van der Waals surface area contributed by atoms with E-state index in [1.54, 1.807) is 61.9 Å². The molecule has 47 heavy (non-hydrogen) atoms. The first kappa shape index (κ1) is 30.8. The minimum Gasteiger partial charge on any atom is -0.496 e. The van der Waals surface area contributed by atoms with Crippen LogP contribution in [0.3, 0.4) is 0 Å². The van der Waals surface area contributed by atoms with E-state index >= 15 is 0 Å². The first-order valence-corrected chi connectivity index (χ1v) is 14.8. The quantitative estimate of drug-likeness (QED) is 0.0595. The molecule has 0 aliphatic heterocycles. The van der Waals surface area contributed by atoms with Gasteiger partial charge in [-0.05, 0) is 79.1 Å². The molecule has 0 saturated heterocycles. The van der Waals surface area contributed by atoms with Gasteiger partial charge in [0.15, 0.2) is 17.3 Å². The predicted molar refractivity (Wildman–Crippen MR) is 180 cm³/mol. The average Bonchev–Trinajstić information content (AvgIpc) is 3.52. The van der Waals surface area contributed by atoms with Gasteiger partial charge in [0.2, 0.25) is 5.82 Å². The van der Waals surface area contributed by atoms with E-state index in [1.165, 1.54) is 16.8 Å². The summed E-state index contributed by atoms with van der Waals surface area (Å²) in [6, 6.07) is 24.1. The maximum atomic E-state index is 13.8. The number of allylic oxidation sites excluding steroid dienone is 1. The number of furan rings is 1. The zero-order valence-corrected chi connectivity index (χ0v) is 25.7. The Morgan fingerprint density at radius 1 is 1.00 bits per heavy atom. The Morgan fingerprint density at radius 3 is 2.55 bits per heavy atom. The topological polar surface area (TPSA) is 131 Å². The van der Waals surface area contributed by atoms with Gasteiger partial charge < -0.3 is 18.6 Å². The third-order valence-corrected chi connectivity index (χ3v) is 7.39. The fraction of sp³-hybridized carbons (Fsp3) is 0.139. The molecule has 6 aromatic rings. The van der Waals surface area contributed by atoms with Gasteiger partial charge in [-0.15, -0.1) is 6.58 Å². The normalized spacial score (nSPS) is 11.3. The van der Waals surface area contributed by atoms with Crippen LogP contribution in [0.15, 0.2) is 112 Å². The molecule has 0 radical (unpaired) electrons. The molecule has 11 nitrogen and oxygen atoms in total. The number of rotatable bonds is 12. The van der Waals surface area contributed by atoms with Gasteiger partial charge in [-0.25, -0.2) is 4.98 Å². The zero-order valence-electron chi connectivity index (χ0n) is 25.7. The highest BCUT2D eigenvalue weighted by atomic mass is 16.6. The van der Waals surface area contributed by atoms with E-state index < -0.39 is 4.92 Å². The Morgan fingerprint density at radius 2 is 1.81 bits per heavy atom. The number of nitro benzene ring substituents is 1. The van der Waals surface area contributed by atoms with Crippen LogP contribution in [-0.4, -0.2) is 34.5 Å². The van der Waals surface area contributed by atoms with Gasteiger partial charge in [-0.3, -0.25) is 14.9 Å². The van der Waals surface area contributed by atoms with Gasteiger partial charge in [0.1, 0.15) is 17.9 Å². The summed E-state index contributed by atoms with van der Waals surface area (Å²) in [4.78, 5) is 29.2. The lowest BCUT2D eigenvalue weighted by atomic mass is 10.1. The third kappa shape index (κ3) is 6.32. The van der Waals surface area contributed by atoms with Gasteiger partial charge in [0.05, 0.1) is 41.1 Å². The summed E-state index contributed by atoms with van der Waals surface area (Å²) in [6.07, 6.45) is 3.76. The predicted octanol–water partition coefficient (Wildman–Crippen LogP) is 7.31. The van der Waals surface area contributed by atoms with Crippen molar-refractivity contribution in [3.05, 3.63) is 135 Å². The molecule has 4 aromatic carbocycles. The summed E-state index contributed by atoms with van der Waals surface area (Å²) < 4.78 is 25.0. The van der Waals surface area contributed by atoms with Crippen molar-refractivity contribution in [1.82, 2.24) is 9.66 Å². The molecule has 2 aromatic heterocycles. The lowest BCUT2D eigenvalue weighted by Crippen LogP contribution is -2.20. The molecule has 0 aliphatic rings. The van der Waals surface area contributed by atoms with E-state index in [9.17, 15) is 14.9 Å². The molecule has 0 spiro atoms. The maximum Gasteiger partial charge on any atom is 0.282 e. The smallest absolute Gasteiger partial charge is 0.282 e. The lowest BCUT2D eigenvalue weighted by molar-refractivity contribution is -0.384. The number of methoxy groups -OCH3 is 1. The van der Waals surface area contributed by atoms with Crippen LogP contribution in [0.2, 0.25) is 0 Å². The number of aromatic nitrogens is 2. The fourth-order valence-corrected chi connectivity index (χ4v) is 5.20. The van der Waals surface area contributed by atoms with Gasteiger partial charge in [0, 0.05) is 17.7 Å². The number of fused-ring (bicyclic) bond motifs is 2. The number of ether oxygens (including phenoxy) is 3. The van der Waals surface area contributed by atoms with Gasteiger partial charge >= 0.3 is 0 Å². The summed E-state index contributed by atoms with van der Waals surface area (Å²) in [5.41, 5.74) is 2.91. The monoisotopic (exact) mass is 630 g/mol. The second-order valence-corrected chi connectivity index (χ2v) is 10.4. The maximum absolute atomic E-state index is 13.8. The van der Waals surface area contributed by atoms with E-state index in [0.717, 1.165) is 16.5 Å². The molecule has 0 fully saturated rings. The van der Waals surface area contributed by atoms with Crippen LogP contribution in [0, 0.1) is 10.1 Å². The molecular weight excluding hydrogens is 600 g/mol. The summed E-state index contributed by atoms with van der Waals surface area (Å²) in [6.45, 7) is 6.29. The average molecular weight is 631 g/mol. The second kappa shape index (κ2) is 13.4. The van der Waals surface area contributed by atoms with Crippen LogP contribution in [0.5, 0.6) is 17.2 Å². The van der Waals surface area contributed by atoms with Crippen molar-refractivity contribution in [3.8, 4) is 28.8 Å². The standard InChI is InChI=1S/C36H30N4O7/c1-4-9-25-18-24(19-32(45-5-2)34(25)46-22-23-14-16-26(17-15-23)40(42)43)21-37-39-35(38-29-11-7-6-10-27(29)36(39)41)33-20-28-30(44-3)12-8-13-31(28)47-33/h4,6-8,10-21H,1,5,9,22H2,2-3H3. The minimum atomic E-state index is -0.445. The van der Waals surface area contributed by atoms with Crippen LogP contribution >= 0.6 is 0 Å². The fourth-order valence-electron chi connectivity index (χ4n) is 5.20. The second-order valence-electron chi connectivity index (χ2n) is 10.4. The molecule has 0 unspecified atom stereocenters. The van der Waals surface area contributed by atoms with Crippen molar-refractivity contribution in [2.45, 2.75) is 20.0 Å². The van der Waals surface area contributed by atoms with E-state index in [0.29, 0.717) is 58.1 Å². The summed E-state index contributed by atoms with van der Waals surface area (Å²) in [7, 11) is 1.58. The molecule has 6 rings (SSSR count). The van der Waals surface area contributed by atoms with Crippen molar-refractivity contribution >= 4 is 33.8 Å². The van der Waals surface area contributed by atoms with Crippen molar-refractivity contribution in [2.24, 2.45) is 5.10 Å². The Hall–Kier alpha value is -6.23. The van der Waals surface area contributed by atoms with Crippen molar-refractivity contribution in [1.29, 1.82) is 0 Å². The number of hydrogen-bond acceptors (Lipinski definition) is 9. The molecule has 0 bridgehead atoms. The Balaban J connectivity index is 1.41. The first-order chi connectivity index (χ1) is 22.9. The van der Waals surface area contributed by atoms with Crippen LogP contribution in [0.4, 0.5) is 5.69 Å². The Kier molecular flexibility index (Phi) is 8.78. The molecule has 0 N–H and O–H groups in total. The van der Waals surface area contributed by atoms with Crippen LogP contribution in [0.25, 0.3) is 33.5 Å². The minimum absolute atomic E-state index is 0.00340. The molecule has 236 valence electrons. The largest absolute Gasteiger partial charge is 0.496 e. The molecule has 0 atom stereocenters. The van der Waals surface area contributed by atoms with Crippen molar-refractivity contribution in [2.75, 3.05) is 13.7 Å². The number of hydrogen-bond donors (Lipinski definition) is 0. The zero-order chi connectivity index (χ0) is 32.9. The molecular formula is C36H30N4O7. The van der Waals surface area contributed by atoms with Gasteiger partial charge in [0.25, 0.3) is 11.2 Å². The number of para-hydroxylation sites is 1. The number of benzene rings is 4. The highest BCUT2D eigenvalue weighted by Gasteiger charge is 2.19. The van der Waals surface area contributed by atoms with Crippen LogP contribution in [-0.2, 0) is 13.0 Å². The molecule has 0 amide bonds. The van der Waals surface area contributed by atoms with E-state index in [4.69, 9.17) is 23.6 Å². The van der Waals surface area contributed by atoms with E-state index in [1.807, 2.05) is 37.3 Å². The van der Waals surface area contributed by atoms with Crippen molar-refractivity contribution < 1.29 is 23.6 Å². The SMILES string of the molecule is C=CCc1cc(C=Nn2c(-c3cc4c(OC)cccc4o3)nc3ccccc3c2=O)cc(OCC)c1OCc1ccc([N+](=O)[O-])cc1. The van der Waals surface area contributed by atoms with Gasteiger partial charge in [-0.1, -0.05) is 24.3 Å². The van der Waals surface area contributed by atoms with Crippen LogP contribution < -0.4 is 19.8 Å². The molecule has 0 saturated carbocycles. The van der Waals surface area contributed by atoms with E-state index in [2.05, 4.69) is 11.7 Å². The lowest BCUT2D eigenvalue weighted by Gasteiger charge is -2.17. The number of non-ortho nitro benzene ring substituents is 1. The summed E-state index contributed by atoms with van der Waals surface area (Å²) in [5.74, 6) is 2.20. The molecule has 0 aliphatic carbocycles. The highest BCUT2D eigenvalue weighted by molar-refractivity contribution is 5.89. The molecule has 11 heteroatoms. The molecule has 2 heterocycles. The van der Waals surface area contributed by atoms with Gasteiger partial charge in [-0.2, -0.15) is 9.78 Å². The highest BCUT2D eigenvalue weighted by Crippen LogP contribution is 2.35. The number of nitrogens with zero attached hydrogens (tertiary/aromatic N) is 4. The number of nitro groups is 1. The summed E-state index contributed by atoms with van der Waals surface area (Å²) in [5, 5.41) is 16.8. The Bertz CT molecular complexity index is 2200. The van der Waals surface area contributed by atoms with E-state index in [-0.39, 0.29) is 23.7 Å². The third-order valence-electron chi connectivity index (χ3n) is 7.39. The first-order valence-electron chi connectivity index (χ1n) is 14.8. The Labute approximate surface area is 269 Å².